The average Bonchev–Trinajstić information content (AvgIpc) is 2.20. The minimum atomic E-state index is -1.13. The molecule has 0 heterocycles. The number of hydrogen-bond donors (Lipinski definition) is 2. The third-order valence-electron chi connectivity index (χ3n) is 1.86. The molecule has 0 fully saturated rings. The molecule has 0 bridgehead atoms. The van der Waals surface area contributed by atoms with Gasteiger partial charge in [0.15, 0.2) is 0 Å². The third-order valence-corrected chi connectivity index (χ3v) is 1.86. The molecule has 0 aliphatic rings. The lowest BCUT2D eigenvalue weighted by molar-refractivity contribution is -0.117. The van der Waals surface area contributed by atoms with Crippen molar-refractivity contribution in [3.05, 3.63) is 41.2 Å². The molecule has 1 rings (SSSR count). The number of nitrogens with two attached hydrogens (primary N) is 1. The predicted octanol–water partition coefficient (Wildman–Crippen LogP) is 1.41. The summed E-state index contributed by atoms with van der Waals surface area (Å²) in [7, 11) is 0. The van der Waals surface area contributed by atoms with E-state index in [0.29, 0.717) is 0 Å². The summed E-state index contributed by atoms with van der Waals surface area (Å²) in [5.74, 6) is -2.22. The van der Waals surface area contributed by atoms with Crippen LogP contribution in [0.15, 0.2) is 24.3 Å². The Bertz CT molecular complexity index is 455. The molecule has 0 aliphatic heterocycles. The van der Waals surface area contributed by atoms with Crippen LogP contribution in [0.3, 0.4) is 0 Å². The molecule has 0 atom stereocenters. The van der Waals surface area contributed by atoms with Gasteiger partial charge in [-0.05, 0) is 18.2 Å². The molecule has 84 valence electrons. The summed E-state index contributed by atoms with van der Waals surface area (Å²) in [4.78, 5) is 21.1. The van der Waals surface area contributed by atoms with Gasteiger partial charge in [0.25, 0.3) is 0 Å². The summed E-state index contributed by atoms with van der Waals surface area (Å²) in [5, 5.41) is 8.69. The van der Waals surface area contributed by atoms with E-state index in [9.17, 15) is 14.0 Å². The number of benzene rings is 1. The van der Waals surface area contributed by atoms with Crippen molar-refractivity contribution in [1.82, 2.24) is 0 Å². The molecule has 4 nitrogen and oxygen atoms in total. The summed E-state index contributed by atoms with van der Waals surface area (Å²) in [6.45, 7) is 0. The molecule has 1 amide bonds. The largest absolute Gasteiger partial charge is 0.478 e. The zero-order chi connectivity index (χ0) is 12.1. The molecule has 0 radical (unpaired) electrons. The van der Waals surface area contributed by atoms with Crippen LogP contribution in [-0.4, -0.2) is 17.0 Å². The van der Waals surface area contributed by atoms with Crippen molar-refractivity contribution in [2.75, 3.05) is 0 Å². The maximum Gasteiger partial charge on any atom is 0.335 e. The standard InChI is InChI=1S/C11H10FNO3/c12-9-5-4-8(11(15)16)6-7(9)2-1-3-10(13)14/h1-2,4-6H,3H2,(H2,13,14)(H,15,16). The number of hydrogen-bond acceptors (Lipinski definition) is 2. The third kappa shape index (κ3) is 3.20. The van der Waals surface area contributed by atoms with Crippen LogP contribution >= 0.6 is 0 Å². The highest BCUT2D eigenvalue weighted by Gasteiger charge is 2.06. The maximum absolute atomic E-state index is 13.2. The van der Waals surface area contributed by atoms with E-state index in [0.717, 1.165) is 6.07 Å². The van der Waals surface area contributed by atoms with Gasteiger partial charge in [-0.3, -0.25) is 4.79 Å². The number of carboxylic acids is 1. The van der Waals surface area contributed by atoms with E-state index in [-0.39, 0.29) is 17.5 Å². The van der Waals surface area contributed by atoms with E-state index in [1.54, 1.807) is 0 Å². The SMILES string of the molecule is NC(=O)CC=Cc1cc(C(=O)O)ccc1F. The minimum Gasteiger partial charge on any atom is -0.478 e. The molecule has 1 aromatic rings. The molecule has 0 spiro atoms. The van der Waals surface area contributed by atoms with Gasteiger partial charge in [-0.15, -0.1) is 0 Å². The highest BCUT2D eigenvalue weighted by Crippen LogP contribution is 2.12. The van der Waals surface area contributed by atoms with Crippen molar-refractivity contribution in [1.29, 1.82) is 0 Å². The zero-order valence-corrected chi connectivity index (χ0v) is 8.31. The van der Waals surface area contributed by atoms with Crippen LogP contribution in [0.2, 0.25) is 0 Å². The van der Waals surface area contributed by atoms with Crippen LogP contribution in [0.1, 0.15) is 22.3 Å². The summed E-state index contributed by atoms with van der Waals surface area (Å²) in [6, 6.07) is 3.42. The number of carboxylic acid groups (broad SMARTS) is 1. The summed E-state index contributed by atoms with van der Waals surface area (Å²) < 4.78 is 13.2. The topological polar surface area (TPSA) is 80.4 Å². The van der Waals surface area contributed by atoms with Gasteiger partial charge >= 0.3 is 5.97 Å². The van der Waals surface area contributed by atoms with Crippen LogP contribution in [0.5, 0.6) is 0 Å². The number of carbonyl (C=O) groups excluding carboxylic acids is 1. The summed E-state index contributed by atoms with van der Waals surface area (Å²) in [5.41, 5.74) is 4.99. The van der Waals surface area contributed by atoms with Gasteiger partial charge in [0.05, 0.1) is 5.56 Å². The van der Waals surface area contributed by atoms with E-state index >= 15 is 0 Å². The van der Waals surface area contributed by atoms with E-state index < -0.39 is 17.7 Å². The lowest BCUT2D eigenvalue weighted by Gasteiger charge is -1.99. The number of primary amides is 1. The Morgan fingerprint density at radius 3 is 2.69 bits per heavy atom. The second-order valence-electron chi connectivity index (χ2n) is 3.11. The second kappa shape index (κ2) is 5.06. The highest BCUT2D eigenvalue weighted by molar-refractivity contribution is 5.88. The number of rotatable bonds is 4. The molecule has 5 heteroatoms. The van der Waals surface area contributed by atoms with Gasteiger partial charge in [0, 0.05) is 12.0 Å². The maximum atomic E-state index is 13.2. The van der Waals surface area contributed by atoms with E-state index in [1.807, 2.05) is 0 Å². The van der Waals surface area contributed by atoms with Gasteiger partial charge in [-0.2, -0.15) is 0 Å². The monoisotopic (exact) mass is 223 g/mol. The number of amides is 1. The molecular formula is C11H10FNO3. The van der Waals surface area contributed by atoms with Gasteiger partial charge < -0.3 is 10.8 Å². The lowest BCUT2D eigenvalue weighted by Crippen LogP contribution is -2.07. The Kier molecular flexibility index (Phi) is 3.77. The zero-order valence-electron chi connectivity index (χ0n) is 8.31. The van der Waals surface area contributed by atoms with Crippen LogP contribution in [0.25, 0.3) is 6.08 Å². The first-order valence-corrected chi connectivity index (χ1v) is 4.48. The first kappa shape index (κ1) is 11.9. The van der Waals surface area contributed by atoms with Crippen LogP contribution < -0.4 is 5.73 Å². The minimum absolute atomic E-state index is 0.0138. The van der Waals surface area contributed by atoms with E-state index in [2.05, 4.69) is 0 Å². The Balaban J connectivity index is 2.94. The van der Waals surface area contributed by atoms with E-state index in [4.69, 9.17) is 10.8 Å². The van der Waals surface area contributed by atoms with Crippen molar-refractivity contribution >= 4 is 18.0 Å². The number of halogens is 1. The summed E-state index contributed by atoms with van der Waals surface area (Å²) >= 11 is 0. The van der Waals surface area contributed by atoms with Crippen LogP contribution in [0.4, 0.5) is 4.39 Å². The van der Waals surface area contributed by atoms with Crippen molar-refractivity contribution < 1.29 is 19.1 Å². The van der Waals surface area contributed by atoms with Crippen molar-refractivity contribution in [3.8, 4) is 0 Å². The Hall–Kier alpha value is -2.17. The normalized spacial score (nSPS) is 10.6. The fraction of sp³-hybridized carbons (Fsp3) is 0.0909. The number of aromatic carboxylic acids is 1. The smallest absolute Gasteiger partial charge is 0.335 e. The van der Waals surface area contributed by atoms with Gasteiger partial charge in [0.2, 0.25) is 5.91 Å². The van der Waals surface area contributed by atoms with Crippen LogP contribution in [-0.2, 0) is 4.79 Å². The average molecular weight is 223 g/mol. The Morgan fingerprint density at radius 1 is 1.44 bits per heavy atom. The molecule has 3 N–H and O–H groups in total. The quantitative estimate of drug-likeness (QED) is 0.809. The second-order valence-corrected chi connectivity index (χ2v) is 3.11. The van der Waals surface area contributed by atoms with Gasteiger partial charge in [-0.25, -0.2) is 9.18 Å². The first-order chi connectivity index (χ1) is 7.50. The molecule has 0 aromatic heterocycles. The Morgan fingerprint density at radius 2 is 2.12 bits per heavy atom. The fourth-order valence-electron chi connectivity index (χ4n) is 1.11. The fourth-order valence-corrected chi connectivity index (χ4v) is 1.11. The molecule has 0 unspecified atom stereocenters. The highest BCUT2D eigenvalue weighted by atomic mass is 19.1. The first-order valence-electron chi connectivity index (χ1n) is 4.48. The molecule has 0 saturated heterocycles. The molecule has 0 aliphatic carbocycles. The van der Waals surface area contributed by atoms with Crippen LogP contribution in [0, 0.1) is 5.82 Å². The molecular weight excluding hydrogens is 213 g/mol. The summed E-state index contributed by atoms with van der Waals surface area (Å²) in [6.07, 6.45) is 2.69. The lowest BCUT2D eigenvalue weighted by atomic mass is 10.1. The van der Waals surface area contributed by atoms with Crippen molar-refractivity contribution in [2.45, 2.75) is 6.42 Å². The van der Waals surface area contributed by atoms with Gasteiger partial charge in [0.1, 0.15) is 5.82 Å². The van der Waals surface area contributed by atoms with Gasteiger partial charge in [-0.1, -0.05) is 12.2 Å². The molecule has 16 heavy (non-hydrogen) atoms. The van der Waals surface area contributed by atoms with E-state index in [1.165, 1.54) is 24.3 Å². The van der Waals surface area contributed by atoms with Crippen molar-refractivity contribution in [2.24, 2.45) is 5.73 Å². The molecule has 1 aromatic carbocycles. The predicted molar refractivity (Wildman–Crippen MR) is 56.2 cm³/mol. The molecule has 0 saturated carbocycles. The Labute approximate surface area is 91.2 Å². The van der Waals surface area contributed by atoms with Crippen molar-refractivity contribution in [3.63, 3.8) is 0 Å². The number of carbonyl (C=O) groups is 2.